The van der Waals surface area contributed by atoms with Crippen molar-refractivity contribution >= 4 is 40.4 Å². The lowest BCUT2D eigenvalue weighted by molar-refractivity contribution is -0.159. The quantitative estimate of drug-likeness (QED) is 0.323. The van der Waals surface area contributed by atoms with E-state index >= 15 is 0 Å². The molecule has 124 valence electrons. The third kappa shape index (κ3) is 6.88. The molecule has 0 fully saturated rings. The van der Waals surface area contributed by atoms with Gasteiger partial charge in [0, 0.05) is 9.92 Å². The van der Waals surface area contributed by atoms with Gasteiger partial charge >= 0.3 is 11.9 Å². The molecule has 1 rings (SSSR count). The van der Waals surface area contributed by atoms with Crippen LogP contribution in [-0.2, 0) is 23.9 Å². The molecule has 0 aliphatic rings. The van der Waals surface area contributed by atoms with E-state index in [0.29, 0.717) is 11.4 Å². The maximum atomic E-state index is 11.8. The number of benzene rings is 1. The maximum Gasteiger partial charge on any atom is 0.320 e. The second kappa shape index (κ2) is 10.1. The lowest BCUT2D eigenvalue weighted by Crippen LogP contribution is -2.26. The molecule has 0 heterocycles. The molecule has 1 aromatic carbocycles. The third-order valence-corrected chi connectivity index (χ3v) is 3.98. The Morgan fingerprint density at radius 1 is 1.13 bits per heavy atom. The summed E-state index contributed by atoms with van der Waals surface area (Å²) in [6.07, 6.45) is 3.62. The molecule has 0 saturated carbocycles. The van der Waals surface area contributed by atoms with Crippen molar-refractivity contribution in [3.8, 4) is 0 Å². The van der Waals surface area contributed by atoms with Crippen LogP contribution in [0.25, 0.3) is 0 Å². The predicted molar refractivity (Wildman–Crippen MR) is 88.2 cm³/mol. The molecule has 0 aliphatic heterocycles. The summed E-state index contributed by atoms with van der Waals surface area (Å²) in [5.74, 6) is -2.27. The van der Waals surface area contributed by atoms with Gasteiger partial charge in [0.1, 0.15) is 0 Å². The minimum Gasteiger partial charge on any atom is -0.468 e. The largest absolute Gasteiger partial charge is 0.468 e. The minimum absolute atomic E-state index is 0.153. The van der Waals surface area contributed by atoms with Crippen molar-refractivity contribution in [2.75, 3.05) is 14.2 Å². The number of ether oxygens (including phenoxy) is 2. The predicted octanol–water partition coefficient (Wildman–Crippen LogP) is 3.26. The van der Waals surface area contributed by atoms with Crippen molar-refractivity contribution in [2.24, 2.45) is 5.92 Å². The topological polar surface area (TPSA) is 69.7 Å². The highest BCUT2D eigenvalue weighted by molar-refractivity contribution is 8.14. The summed E-state index contributed by atoms with van der Waals surface area (Å²) >= 11 is 6.84. The van der Waals surface area contributed by atoms with Crippen LogP contribution in [0.1, 0.15) is 12.8 Å². The molecule has 0 amide bonds. The van der Waals surface area contributed by atoms with Gasteiger partial charge in [-0.15, -0.1) is 0 Å². The molecule has 0 spiro atoms. The number of halogens is 1. The van der Waals surface area contributed by atoms with E-state index in [1.165, 1.54) is 20.3 Å². The van der Waals surface area contributed by atoms with Crippen LogP contribution in [0.15, 0.2) is 41.3 Å². The second-order valence-electron chi connectivity index (χ2n) is 4.45. The molecule has 0 saturated heterocycles. The summed E-state index contributed by atoms with van der Waals surface area (Å²) in [6.45, 7) is 0. The van der Waals surface area contributed by atoms with Crippen LogP contribution in [0.5, 0.6) is 0 Å². The second-order valence-corrected chi connectivity index (χ2v) is 5.97. The van der Waals surface area contributed by atoms with Crippen LogP contribution in [0.4, 0.5) is 0 Å². The normalized spacial score (nSPS) is 10.8. The van der Waals surface area contributed by atoms with Crippen LogP contribution in [0.2, 0.25) is 5.02 Å². The van der Waals surface area contributed by atoms with E-state index in [4.69, 9.17) is 11.6 Å². The first-order valence-electron chi connectivity index (χ1n) is 6.77. The van der Waals surface area contributed by atoms with Gasteiger partial charge in [-0.2, -0.15) is 0 Å². The fraction of sp³-hybridized carbons (Fsp3) is 0.312. The first-order valence-corrected chi connectivity index (χ1v) is 7.97. The number of rotatable bonds is 7. The Balaban J connectivity index is 2.47. The van der Waals surface area contributed by atoms with Crippen LogP contribution < -0.4 is 0 Å². The fourth-order valence-electron chi connectivity index (χ4n) is 1.71. The molecule has 0 aliphatic carbocycles. The summed E-state index contributed by atoms with van der Waals surface area (Å²) < 4.78 is 9.11. The molecule has 0 atom stereocenters. The zero-order chi connectivity index (χ0) is 17.2. The SMILES string of the molecule is COC(=O)C(CC/C=C/C(=O)Sc1ccc(Cl)cc1)C(=O)OC. The number of carbonyl (C=O) groups is 3. The molecule has 7 heteroatoms. The molecular formula is C16H17ClO5S. The molecule has 0 unspecified atom stereocenters. The Morgan fingerprint density at radius 2 is 1.70 bits per heavy atom. The molecule has 0 bridgehead atoms. The number of methoxy groups -OCH3 is 2. The summed E-state index contributed by atoms with van der Waals surface area (Å²) in [5.41, 5.74) is 0. The molecule has 5 nitrogen and oxygen atoms in total. The van der Waals surface area contributed by atoms with E-state index in [1.807, 2.05) is 0 Å². The van der Waals surface area contributed by atoms with Gasteiger partial charge in [-0.3, -0.25) is 14.4 Å². The molecule has 1 aromatic rings. The van der Waals surface area contributed by atoms with Gasteiger partial charge in [0.05, 0.1) is 14.2 Å². The Morgan fingerprint density at radius 3 is 2.22 bits per heavy atom. The van der Waals surface area contributed by atoms with Crippen molar-refractivity contribution in [3.63, 3.8) is 0 Å². The van der Waals surface area contributed by atoms with E-state index < -0.39 is 17.9 Å². The van der Waals surface area contributed by atoms with E-state index in [1.54, 1.807) is 30.3 Å². The fourth-order valence-corrected chi connectivity index (χ4v) is 2.51. The van der Waals surface area contributed by atoms with Gasteiger partial charge in [-0.1, -0.05) is 17.7 Å². The number of allylic oxidation sites excluding steroid dienone is 1. The van der Waals surface area contributed by atoms with Crippen molar-refractivity contribution < 1.29 is 23.9 Å². The first kappa shape index (κ1) is 19.3. The van der Waals surface area contributed by atoms with Crippen LogP contribution in [-0.4, -0.2) is 31.3 Å². The van der Waals surface area contributed by atoms with Gasteiger partial charge in [0.2, 0.25) is 5.12 Å². The Kier molecular flexibility index (Phi) is 8.43. The monoisotopic (exact) mass is 356 g/mol. The average Bonchev–Trinajstić information content (AvgIpc) is 2.55. The van der Waals surface area contributed by atoms with E-state index in [-0.39, 0.29) is 11.5 Å². The highest BCUT2D eigenvalue weighted by Crippen LogP contribution is 2.21. The standard InChI is InChI=1S/C16H17ClO5S/c1-21-15(19)13(16(20)22-2)5-3-4-6-14(18)23-12-9-7-11(17)8-10-12/h4,6-10,13H,3,5H2,1-2H3/b6-4+. The maximum absolute atomic E-state index is 11.8. The van der Waals surface area contributed by atoms with Crippen molar-refractivity contribution in [3.05, 3.63) is 41.4 Å². The molecule has 0 aromatic heterocycles. The van der Waals surface area contributed by atoms with E-state index in [9.17, 15) is 14.4 Å². The van der Waals surface area contributed by atoms with Crippen molar-refractivity contribution in [1.82, 2.24) is 0 Å². The van der Waals surface area contributed by atoms with Crippen LogP contribution in [0.3, 0.4) is 0 Å². The number of hydrogen-bond donors (Lipinski definition) is 0. The highest BCUT2D eigenvalue weighted by Gasteiger charge is 2.27. The first-order chi connectivity index (χ1) is 11.0. The van der Waals surface area contributed by atoms with E-state index in [0.717, 1.165) is 16.7 Å². The number of hydrogen-bond acceptors (Lipinski definition) is 6. The smallest absolute Gasteiger partial charge is 0.320 e. The van der Waals surface area contributed by atoms with Gasteiger partial charge in [0.25, 0.3) is 0 Å². The third-order valence-electron chi connectivity index (χ3n) is 2.88. The van der Waals surface area contributed by atoms with Gasteiger partial charge < -0.3 is 9.47 Å². The number of carbonyl (C=O) groups excluding carboxylic acids is 3. The van der Waals surface area contributed by atoms with E-state index in [2.05, 4.69) is 9.47 Å². The summed E-state index contributed by atoms with van der Waals surface area (Å²) in [7, 11) is 2.42. The molecule has 0 N–H and O–H groups in total. The van der Waals surface area contributed by atoms with Crippen molar-refractivity contribution in [1.29, 1.82) is 0 Å². The zero-order valence-electron chi connectivity index (χ0n) is 12.8. The lowest BCUT2D eigenvalue weighted by Gasteiger charge is -2.10. The van der Waals surface area contributed by atoms with Gasteiger partial charge in [-0.25, -0.2) is 0 Å². The minimum atomic E-state index is -0.978. The number of esters is 2. The van der Waals surface area contributed by atoms with Crippen molar-refractivity contribution in [2.45, 2.75) is 17.7 Å². The van der Waals surface area contributed by atoms with Crippen LogP contribution in [0, 0.1) is 5.92 Å². The summed E-state index contributed by atoms with van der Waals surface area (Å²) in [5, 5.41) is 0.453. The molecule has 23 heavy (non-hydrogen) atoms. The Labute approximate surface area is 144 Å². The number of thioether (sulfide) groups is 1. The summed E-state index contributed by atoms with van der Waals surface area (Å²) in [4.78, 5) is 35.5. The average molecular weight is 357 g/mol. The van der Waals surface area contributed by atoms with Crippen LogP contribution >= 0.6 is 23.4 Å². The molecular weight excluding hydrogens is 340 g/mol. The zero-order valence-corrected chi connectivity index (χ0v) is 14.4. The Bertz CT molecular complexity index is 567. The van der Waals surface area contributed by atoms with Gasteiger partial charge in [0.15, 0.2) is 5.92 Å². The molecule has 0 radical (unpaired) electrons. The summed E-state index contributed by atoms with van der Waals surface area (Å²) in [6, 6.07) is 6.92. The Hall–Kier alpha value is -1.79. The lowest BCUT2D eigenvalue weighted by atomic mass is 10.0. The van der Waals surface area contributed by atoms with Gasteiger partial charge in [-0.05, 0) is 54.9 Å². The highest BCUT2D eigenvalue weighted by atomic mass is 35.5.